The van der Waals surface area contributed by atoms with E-state index < -0.39 is 10.8 Å². The number of rotatable bonds is 4. The van der Waals surface area contributed by atoms with Crippen LogP contribution >= 0.6 is 12.2 Å². The molecule has 0 aliphatic carbocycles. The Morgan fingerprint density at radius 1 is 1.50 bits per heavy atom. The van der Waals surface area contributed by atoms with Gasteiger partial charge in [-0.3, -0.25) is 25.4 Å². The summed E-state index contributed by atoms with van der Waals surface area (Å²) in [7, 11) is 0. The summed E-state index contributed by atoms with van der Waals surface area (Å²) in [5.41, 5.74) is 2.80. The number of nitro benzene ring substituents is 1. The molecule has 1 aromatic carbocycles. The van der Waals surface area contributed by atoms with Gasteiger partial charge in [-0.25, -0.2) is 4.68 Å². The number of aromatic nitrogens is 3. The lowest BCUT2D eigenvalue weighted by Crippen LogP contribution is -2.24. The highest BCUT2D eigenvalue weighted by atomic mass is 32.1. The molecular formula is C11H11N5O3S. The normalized spacial score (nSPS) is 10.2. The lowest BCUT2D eigenvalue weighted by Gasteiger charge is -2.07. The molecule has 0 aliphatic heterocycles. The number of nitro groups is 1. The van der Waals surface area contributed by atoms with E-state index in [0.29, 0.717) is 17.8 Å². The number of nitrogens with zero attached hydrogens (tertiary/aromatic N) is 3. The molecule has 104 valence electrons. The van der Waals surface area contributed by atoms with Gasteiger partial charge in [0, 0.05) is 24.1 Å². The van der Waals surface area contributed by atoms with Crippen LogP contribution in [0.15, 0.2) is 24.3 Å². The Kier molecular flexibility index (Phi) is 3.89. The Morgan fingerprint density at radius 3 is 2.70 bits per heavy atom. The second kappa shape index (κ2) is 5.61. The second-order valence-corrected chi connectivity index (χ2v) is 4.27. The van der Waals surface area contributed by atoms with Gasteiger partial charge < -0.3 is 0 Å². The van der Waals surface area contributed by atoms with Crippen molar-refractivity contribution in [2.45, 2.75) is 13.3 Å². The van der Waals surface area contributed by atoms with Gasteiger partial charge in [-0.1, -0.05) is 6.92 Å². The van der Waals surface area contributed by atoms with Gasteiger partial charge in [0.1, 0.15) is 0 Å². The zero-order chi connectivity index (χ0) is 14.7. The number of aryl methyl sites for hydroxylation is 1. The molecule has 1 aromatic heterocycles. The van der Waals surface area contributed by atoms with Crippen molar-refractivity contribution < 1.29 is 9.72 Å². The molecular weight excluding hydrogens is 282 g/mol. The van der Waals surface area contributed by atoms with Crippen LogP contribution < -0.4 is 5.43 Å². The van der Waals surface area contributed by atoms with Crippen LogP contribution in [0.25, 0.3) is 0 Å². The lowest BCUT2D eigenvalue weighted by atomic mass is 10.2. The summed E-state index contributed by atoms with van der Waals surface area (Å²) in [6.07, 6.45) is 0.591. The molecule has 0 radical (unpaired) electrons. The average Bonchev–Trinajstić information content (AvgIpc) is 2.79. The minimum Gasteiger partial charge on any atom is -0.267 e. The number of benzene rings is 1. The largest absolute Gasteiger partial charge is 0.270 e. The van der Waals surface area contributed by atoms with Crippen LogP contribution in [0.1, 0.15) is 23.1 Å². The summed E-state index contributed by atoms with van der Waals surface area (Å²) >= 11 is 5.00. The lowest BCUT2D eigenvalue weighted by molar-refractivity contribution is -0.384. The first-order valence-corrected chi connectivity index (χ1v) is 6.16. The van der Waals surface area contributed by atoms with Crippen molar-refractivity contribution in [2.75, 3.05) is 5.43 Å². The van der Waals surface area contributed by atoms with E-state index in [9.17, 15) is 14.9 Å². The van der Waals surface area contributed by atoms with Crippen molar-refractivity contribution >= 4 is 23.8 Å². The average molecular weight is 293 g/mol. The van der Waals surface area contributed by atoms with Crippen molar-refractivity contribution in [1.29, 1.82) is 0 Å². The third-order valence-corrected chi connectivity index (χ3v) is 2.89. The SMILES string of the molecule is CCc1n[nH]c(=S)n1NC(=O)c1ccc([N+](=O)[O-])cc1. The Bertz CT molecular complexity index is 704. The van der Waals surface area contributed by atoms with Gasteiger partial charge in [-0.15, -0.1) is 0 Å². The van der Waals surface area contributed by atoms with Gasteiger partial charge >= 0.3 is 0 Å². The van der Waals surface area contributed by atoms with E-state index in [1.54, 1.807) is 0 Å². The predicted octanol–water partition coefficient (Wildman–Crippen LogP) is 1.80. The molecule has 0 saturated carbocycles. The molecule has 2 aromatic rings. The van der Waals surface area contributed by atoms with Crippen LogP contribution in [0.3, 0.4) is 0 Å². The van der Waals surface area contributed by atoms with Crippen LogP contribution in [0.5, 0.6) is 0 Å². The minimum absolute atomic E-state index is 0.0734. The van der Waals surface area contributed by atoms with Crippen molar-refractivity contribution in [3.8, 4) is 0 Å². The predicted molar refractivity (Wildman–Crippen MR) is 73.6 cm³/mol. The fourth-order valence-electron chi connectivity index (χ4n) is 1.58. The highest BCUT2D eigenvalue weighted by Crippen LogP contribution is 2.12. The molecule has 0 bridgehead atoms. The molecule has 2 rings (SSSR count). The summed E-state index contributed by atoms with van der Waals surface area (Å²) in [5, 5.41) is 17.1. The summed E-state index contributed by atoms with van der Waals surface area (Å²) in [6.45, 7) is 1.87. The number of nitrogens with one attached hydrogen (secondary N) is 2. The zero-order valence-electron chi connectivity index (χ0n) is 10.5. The third kappa shape index (κ3) is 2.72. The maximum absolute atomic E-state index is 12.0. The Hall–Kier alpha value is -2.55. The molecule has 0 fully saturated rings. The Balaban J connectivity index is 2.21. The number of H-pyrrole nitrogens is 1. The maximum Gasteiger partial charge on any atom is 0.270 e. The van der Waals surface area contributed by atoms with Crippen LogP contribution in [0, 0.1) is 14.9 Å². The van der Waals surface area contributed by atoms with Crippen molar-refractivity contribution in [3.05, 3.63) is 50.5 Å². The standard InChI is InChI=1S/C11H11N5O3S/c1-2-9-12-13-11(20)15(9)14-10(17)7-3-5-8(6-4-7)16(18)19/h3-6H,2H2,1H3,(H,13,20)(H,14,17). The number of carbonyl (C=O) groups is 1. The van der Waals surface area contributed by atoms with E-state index >= 15 is 0 Å². The van der Waals surface area contributed by atoms with Crippen molar-refractivity contribution in [1.82, 2.24) is 14.9 Å². The van der Waals surface area contributed by atoms with E-state index in [1.165, 1.54) is 28.9 Å². The van der Waals surface area contributed by atoms with E-state index in [-0.39, 0.29) is 10.5 Å². The van der Waals surface area contributed by atoms with Gasteiger partial charge in [-0.05, 0) is 24.4 Å². The molecule has 0 aliphatic rings. The Labute approximate surface area is 118 Å². The molecule has 1 amide bonds. The number of hydrogen-bond donors (Lipinski definition) is 2. The first kappa shape index (κ1) is 13.9. The number of carbonyl (C=O) groups excluding carboxylic acids is 1. The van der Waals surface area contributed by atoms with Gasteiger partial charge in [-0.2, -0.15) is 5.10 Å². The van der Waals surface area contributed by atoms with E-state index in [1.807, 2.05) is 6.92 Å². The number of non-ortho nitro benzene ring substituents is 1. The third-order valence-electron chi connectivity index (χ3n) is 2.61. The first-order chi connectivity index (χ1) is 9.52. The van der Waals surface area contributed by atoms with E-state index in [4.69, 9.17) is 12.2 Å². The molecule has 20 heavy (non-hydrogen) atoms. The quantitative estimate of drug-likeness (QED) is 0.508. The Morgan fingerprint density at radius 2 is 2.15 bits per heavy atom. The van der Waals surface area contributed by atoms with Crippen molar-refractivity contribution in [2.24, 2.45) is 0 Å². The molecule has 0 spiro atoms. The second-order valence-electron chi connectivity index (χ2n) is 3.88. The van der Waals surface area contributed by atoms with Crippen LogP contribution in [-0.2, 0) is 6.42 Å². The molecule has 1 heterocycles. The molecule has 2 N–H and O–H groups in total. The fraction of sp³-hybridized carbons (Fsp3) is 0.182. The molecule has 8 nitrogen and oxygen atoms in total. The van der Waals surface area contributed by atoms with Crippen molar-refractivity contribution in [3.63, 3.8) is 0 Å². The molecule has 0 atom stereocenters. The molecule has 9 heteroatoms. The maximum atomic E-state index is 12.0. The minimum atomic E-state index is -0.525. The first-order valence-electron chi connectivity index (χ1n) is 5.75. The van der Waals surface area contributed by atoms with Crippen LogP contribution in [0.4, 0.5) is 5.69 Å². The number of hydrogen-bond acceptors (Lipinski definition) is 5. The van der Waals surface area contributed by atoms with Crippen LogP contribution in [0.2, 0.25) is 0 Å². The van der Waals surface area contributed by atoms with Gasteiger partial charge in [0.25, 0.3) is 11.6 Å². The smallest absolute Gasteiger partial charge is 0.267 e. The highest BCUT2D eigenvalue weighted by Gasteiger charge is 2.12. The monoisotopic (exact) mass is 293 g/mol. The summed E-state index contributed by atoms with van der Waals surface area (Å²) in [6, 6.07) is 5.29. The highest BCUT2D eigenvalue weighted by molar-refractivity contribution is 7.71. The van der Waals surface area contributed by atoms with Gasteiger partial charge in [0.2, 0.25) is 4.77 Å². The molecule has 0 unspecified atom stereocenters. The molecule has 0 saturated heterocycles. The topological polar surface area (TPSA) is 106 Å². The van der Waals surface area contributed by atoms with E-state index in [2.05, 4.69) is 15.6 Å². The van der Waals surface area contributed by atoms with Gasteiger partial charge in [0.05, 0.1) is 4.92 Å². The number of amides is 1. The van der Waals surface area contributed by atoms with Crippen LogP contribution in [-0.4, -0.2) is 25.7 Å². The summed E-state index contributed by atoms with van der Waals surface area (Å²) < 4.78 is 1.65. The van der Waals surface area contributed by atoms with E-state index in [0.717, 1.165) is 0 Å². The fourth-order valence-corrected chi connectivity index (χ4v) is 1.78. The number of aromatic amines is 1. The zero-order valence-corrected chi connectivity index (χ0v) is 11.3. The summed E-state index contributed by atoms with van der Waals surface area (Å²) in [5.74, 6) is 0.164. The van der Waals surface area contributed by atoms with Gasteiger partial charge in [0.15, 0.2) is 5.82 Å². The summed E-state index contributed by atoms with van der Waals surface area (Å²) in [4.78, 5) is 22.0.